The SMILES string of the molecule is CC(C)CC(NC(=O)c1cn(-c2ncc(F)cc2F)c2nc(N3CC(O)CC3=O)ccc2c1=O)C(F)(F)F. The van der Waals surface area contributed by atoms with Gasteiger partial charge in [0.1, 0.15) is 23.2 Å². The van der Waals surface area contributed by atoms with Crippen LogP contribution in [0.25, 0.3) is 16.9 Å². The Morgan fingerprint density at radius 1 is 1.24 bits per heavy atom. The number of pyridine rings is 3. The summed E-state index contributed by atoms with van der Waals surface area (Å²) in [6, 6.07) is 0.644. The number of nitrogens with zero attached hydrogens (tertiary/aromatic N) is 4. The number of aliphatic hydroxyl groups excluding tert-OH is 1. The van der Waals surface area contributed by atoms with Gasteiger partial charge >= 0.3 is 6.18 Å². The van der Waals surface area contributed by atoms with Crippen LogP contribution in [0.2, 0.25) is 0 Å². The van der Waals surface area contributed by atoms with E-state index in [1.807, 2.05) is 5.32 Å². The molecule has 3 aromatic heterocycles. The normalized spacial score (nSPS) is 16.9. The zero-order valence-corrected chi connectivity index (χ0v) is 20.1. The van der Waals surface area contributed by atoms with E-state index in [0.29, 0.717) is 12.3 Å². The van der Waals surface area contributed by atoms with Crippen molar-refractivity contribution in [3.8, 4) is 5.82 Å². The number of halogens is 5. The lowest BCUT2D eigenvalue weighted by molar-refractivity contribution is -0.156. The summed E-state index contributed by atoms with van der Waals surface area (Å²) in [5, 5.41) is 11.3. The minimum atomic E-state index is -4.80. The predicted octanol–water partition coefficient (Wildman–Crippen LogP) is 2.86. The Labute approximate surface area is 211 Å². The summed E-state index contributed by atoms with van der Waals surface area (Å²) in [7, 11) is 0. The monoisotopic (exact) mass is 539 g/mol. The lowest BCUT2D eigenvalue weighted by atomic mass is 10.0. The van der Waals surface area contributed by atoms with Gasteiger partial charge in [0.25, 0.3) is 5.91 Å². The molecule has 2 N–H and O–H groups in total. The van der Waals surface area contributed by atoms with Gasteiger partial charge in [-0.05, 0) is 24.5 Å². The molecular weight excluding hydrogens is 517 g/mol. The molecule has 1 aliphatic rings. The van der Waals surface area contributed by atoms with Crippen LogP contribution in [0.15, 0.2) is 35.4 Å². The van der Waals surface area contributed by atoms with Crippen molar-refractivity contribution in [2.75, 3.05) is 11.4 Å². The van der Waals surface area contributed by atoms with E-state index >= 15 is 0 Å². The highest BCUT2D eigenvalue weighted by atomic mass is 19.4. The van der Waals surface area contributed by atoms with Gasteiger partial charge in [-0.25, -0.2) is 18.7 Å². The van der Waals surface area contributed by atoms with Gasteiger partial charge in [0.2, 0.25) is 11.3 Å². The van der Waals surface area contributed by atoms with E-state index in [0.717, 1.165) is 15.7 Å². The first kappa shape index (κ1) is 27.1. The second-order valence-corrected chi connectivity index (χ2v) is 9.30. The highest BCUT2D eigenvalue weighted by molar-refractivity contribution is 5.99. The number of alkyl halides is 3. The molecule has 202 valence electrons. The van der Waals surface area contributed by atoms with Crippen molar-refractivity contribution in [1.29, 1.82) is 0 Å². The summed E-state index contributed by atoms with van der Waals surface area (Å²) in [5.74, 6) is -5.13. The quantitative estimate of drug-likeness (QED) is 0.466. The average Bonchev–Trinajstić information content (AvgIpc) is 3.16. The number of aromatic nitrogens is 3. The maximum Gasteiger partial charge on any atom is 0.408 e. The largest absolute Gasteiger partial charge is 0.408 e. The fraction of sp³-hybridized carbons (Fsp3) is 0.375. The number of β-amino-alcohol motifs (C(OH)–C–C–N with tert-alkyl or cyclic N) is 1. The van der Waals surface area contributed by atoms with Crippen molar-refractivity contribution in [2.24, 2.45) is 5.92 Å². The Hall–Kier alpha value is -3.94. The van der Waals surface area contributed by atoms with Crippen LogP contribution in [0.5, 0.6) is 0 Å². The van der Waals surface area contributed by atoms with Gasteiger partial charge < -0.3 is 10.4 Å². The van der Waals surface area contributed by atoms with Crippen LogP contribution in [0.3, 0.4) is 0 Å². The number of carbonyl (C=O) groups excluding carboxylic acids is 2. The van der Waals surface area contributed by atoms with Crippen LogP contribution < -0.4 is 15.6 Å². The molecule has 1 saturated heterocycles. The molecule has 3 aromatic rings. The number of fused-ring (bicyclic) bond motifs is 1. The zero-order valence-electron chi connectivity index (χ0n) is 20.1. The standard InChI is InChI=1S/C24H22F5N5O4/c1-11(2)5-17(24(27,28)29)31-23(38)15-10-34(22-16(26)6-12(25)8-30-22)21-14(20(15)37)3-4-18(32-21)33-9-13(35)7-19(33)36/h3-4,6,8,10-11,13,17,35H,5,7,9H2,1-2H3,(H,31,38). The Bertz CT molecular complexity index is 1470. The molecule has 0 radical (unpaired) electrons. The van der Waals surface area contributed by atoms with Gasteiger partial charge in [0.15, 0.2) is 17.3 Å². The molecule has 0 saturated carbocycles. The van der Waals surface area contributed by atoms with Gasteiger partial charge in [0.05, 0.1) is 30.7 Å². The fourth-order valence-corrected chi connectivity index (χ4v) is 4.14. The molecule has 38 heavy (non-hydrogen) atoms. The van der Waals surface area contributed by atoms with E-state index in [-0.39, 0.29) is 29.8 Å². The molecule has 0 spiro atoms. The molecule has 1 aliphatic heterocycles. The molecule has 0 aliphatic carbocycles. The van der Waals surface area contributed by atoms with E-state index in [2.05, 4.69) is 9.97 Å². The van der Waals surface area contributed by atoms with Crippen molar-refractivity contribution in [2.45, 2.75) is 45.0 Å². The third kappa shape index (κ3) is 5.35. The van der Waals surface area contributed by atoms with Crippen LogP contribution in [0.4, 0.5) is 27.8 Å². The molecule has 4 rings (SSSR count). The Morgan fingerprint density at radius 3 is 2.53 bits per heavy atom. The van der Waals surface area contributed by atoms with Crippen LogP contribution in [-0.2, 0) is 4.79 Å². The van der Waals surface area contributed by atoms with Crippen LogP contribution in [0, 0.1) is 17.6 Å². The highest BCUT2D eigenvalue weighted by Crippen LogP contribution is 2.27. The van der Waals surface area contributed by atoms with E-state index in [1.54, 1.807) is 0 Å². The molecule has 9 nitrogen and oxygen atoms in total. The lowest BCUT2D eigenvalue weighted by Gasteiger charge is -2.23. The Kier molecular flexibility index (Phi) is 7.19. The summed E-state index contributed by atoms with van der Waals surface area (Å²) in [5.41, 5.74) is -2.07. The predicted molar refractivity (Wildman–Crippen MR) is 125 cm³/mol. The molecule has 2 atom stereocenters. The molecule has 14 heteroatoms. The Balaban J connectivity index is 1.90. The van der Waals surface area contributed by atoms with Crippen molar-refractivity contribution in [3.63, 3.8) is 0 Å². The number of amides is 2. The minimum absolute atomic E-state index is 0.0130. The van der Waals surface area contributed by atoms with E-state index in [4.69, 9.17) is 0 Å². The molecule has 0 aromatic carbocycles. The van der Waals surface area contributed by atoms with Crippen molar-refractivity contribution < 1.29 is 36.6 Å². The summed E-state index contributed by atoms with van der Waals surface area (Å²) in [6.45, 7) is 2.97. The second kappa shape index (κ2) is 10.1. The minimum Gasteiger partial charge on any atom is -0.391 e. The number of rotatable bonds is 6. The van der Waals surface area contributed by atoms with E-state index in [1.165, 1.54) is 26.0 Å². The zero-order chi connectivity index (χ0) is 27.9. The lowest BCUT2D eigenvalue weighted by Crippen LogP contribution is -2.47. The number of hydrogen-bond donors (Lipinski definition) is 2. The Morgan fingerprint density at radius 2 is 1.95 bits per heavy atom. The molecule has 2 amide bonds. The first-order valence-electron chi connectivity index (χ1n) is 11.5. The number of nitrogens with one attached hydrogen (secondary N) is 1. The average molecular weight is 539 g/mol. The maximum atomic E-state index is 14.7. The van der Waals surface area contributed by atoms with Crippen LogP contribution in [0.1, 0.15) is 37.0 Å². The first-order valence-corrected chi connectivity index (χ1v) is 11.5. The number of carbonyl (C=O) groups is 2. The number of hydrogen-bond acceptors (Lipinski definition) is 6. The van der Waals surface area contributed by atoms with E-state index < -0.39 is 70.9 Å². The van der Waals surface area contributed by atoms with Crippen LogP contribution in [-0.4, -0.2) is 56.3 Å². The second-order valence-electron chi connectivity index (χ2n) is 9.30. The summed E-state index contributed by atoms with van der Waals surface area (Å²) >= 11 is 0. The summed E-state index contributed by atoms with van der Waals surface area (Å²) < 4.78 is 69.7. The van der Waals surface area contributed by atoms with Gasteiger partial charge in [-0.15, -0.1) is 0 Å². The van der Waals surface area contributed by atoms with Gasteiger partial charge in [-0.1, -0.05) is 13.8 Å². The van der Waals surface area contributed by atoms with E-state index in [9.17, 15) is 41.4 Å². The number of anilines is 1. The molecular formula is C24H22F5N5O4. The smallest absolute Gasteiger partial charge is 0.391 e. The van der Waals surface area contributed by atoms with Gasteiger partial charge in [0, 0.05) is 12.3 Å². The number of aliphatic hydroxyl groups is 1. The molecule has 4 heterocycles. The van der Waals surface area contributed by atoms with Gasteiger partial charge in [-0.2, -0.15) is 13.2 Å². The third-order valence-electron chi connectivity index (χ3n) is 5.89. The molecule has 2 unspecified atom stereocenters. The maximum absolute atomic E-state index is 14.7. The van der Waals surface area contributed by atoms with Crippen molar-refractivity contribution in [3.05, 3.63) is 58.0 Å². The summed E-state index contributed by atoms with van der Waals surface area (Å²) in [6.07, 6.45) is -4.96. The van der Waals surface area contributed by atoms with Crippen molar-refractivity contribution in [1.82, 2.24) is 19.9 Å². The van der Waals surface area contributed by atoms with Crippen molar-refractivity contribution >= 4 is 28.7 Å². The van der Waals surface area contributed by atoms with Gasteiger partial charge in [-0.3, -0.25) is 23.9 Å². The topological polar surface area (TPSA) is 117 Å². The van der Waals surface area contributed by atoms with Crippen LogP contribution >= 0.6 is 0 Å². The molecule has 1 fully saturated rings. The fourth-order valence-electron chi connectivity index (χ4n) is 4.14. The highest BCUT2D eigenvalue weighted by Gasteiger charge is 2.41. The molecule has 0 bridgehead atoms. The summed E-state index contributed by atoms with van der Waals surface area (Å²) in [4.78, 5) is 47.4. The first-order chi connectivity index (χ1) is 17.8. The third-order valence-corrected chi connectivity index (χ3v) is 5.89.